The van der Waals surface area contributed by atoms with Gasteiger partial charge in [0, 0.05) is 6.04 Å². The molecule has 138 valence electrons. The molecule has 0 aromatic heterocycles. The molecule has 1 aliphatic heterocycles. The van der Waals surface area contributed by atoms with Gasteiger partial charge < -0.3 is 14.6 Å². The van der Waals surface area contributed by atoms with Crippen LogP contribution in [0.3, 0.4) is 0 Å². The Morgan fingerprint density at radius 2 is 1.69 bits per heavy atom. The van der Waals surface area contributed by atoms with Crippen LogP contribution < -0.4 is 14.8 Å². The van der Waals surface area contributed by atoms with Gasteiger partial charge in [0.25, 0.3) is 11.8 Å². The molecular formula is C18H20N2O6. The van der Waals surface area contributed by atoms with Crippen molar-refractivity contribution in [2.24, 2.45) is 0 Å². The lowest BCUT2D eigenvalue weighted by molar-refractivity contribution is -0.131. The number of amides is 4. The van der Waals surface area contributed by atoms with E-state index >= 15 is 0 Å². The van der Waals surface area contributed by atoms with E-state index in [1.807, 2.05) is 0 Å². The van der Waals surface area contributed by atoms with Crippen molar-refractivity contribution in [3.05, 3.63) is 23.3 Å². The summed E-state index contributed by atoms with van der Waals surface area (Å²) in [5.74, 6) is -1.26. The molecule has 2 fully saturated rings. The Kier molecular flexibility index (Phi) is 4.83. The van der Waals surface area contributed by atoms with Crippen LogP contribution >= 0.6 is 0 Å². The van der Waals surface area contributed by atoms with E-state index in [0.717, 1.165) is 30.6 Å². The number of methoxy groups -OCH3 is 2. The number of nitrogens with one attached hydrogen (secondary N) is 1. The lowest BCUT2D eigenvalue weighted by atomic mass is 10.0. The molecule has 2 aliphatic rings. The average molecular weight is 360 g/mol. The zero-order valence-electron chi connectivity index (χ0n) is 14.6. The van der Waals surface area contributed by atoms with Crippen LogP contribution in [0.25, 0.3) is 6.08 Å². The summed E-state index contributed by atoms with van der Waals surface area (Å²) in [6.07, 6.45) is 4.72. The topological polar surface area (TPSA) is 105 Å². The SMILES string of the molecule is COc1cc(C=C2C(=O)NC(=O)N(C3CCCC3)C2=O)cc(OC)c1O. The molecule has 1 aromatic rings. The number of ether oxygens (including phenoxy) is 2. The fourth-order valence-corrected chi connectivity index (χ4v) is 3.33. The number of carbonyl (C=O) groups is 3. The lowest BCUT2D eigenvalue weighted by Gasteiger charge is -2.31. The van der Waals surface area contributed by atoms with Gasteiger partial charge in [0.1, 0.15) is 5.57 Å². The van der Waals surface area contributed by atoms with Gasteiger partial charge in [0.15, 0.2) is 11.5 Å². The molecule has 2 N–H and O–H groups in total. The molecule has 1 aromatic carbocycles. The monoisotopic (exact) mass is 360 g/mol. The number of imide groups is 2. The highest BCUT2D eigenvalue weighted by atomic mass is 16.5. The van der Waals surface area contributed by atoms with Crippen LogP contribution in [0, 0.1) is 0 Å². The zero-order chi connectivity index (χ0) is 18.8. The third-order valence-electron chi connectivity index (χ3n) is 4.64. The van der Waals surface area contributed by atoms with E-state index in [-0.39, 0.29) is 28.9 Å². The normalized spacial score (nSPS) is 19.8. The van der Waals surface area contributed by atoms with E-state index in [0.29, 0.717) is 5.56 Å². The third kappa shape index (κ3) is 3.10. The predicted molar refractivity (Wildman–Crippen MR) is 91.8 cm³/mol. The van der Waals surface area contributed by atoms with Crippen LogP contribution in [0.4, 0.5) is 4.79 Å². The number of hydrogen-bond acceptors (Lipinski definition) is 6. The average Bonchev–Trinajstić information content (AvgIpc) is 3.13. The second kappa shape index (κ2) is 7.07. The second-order valence-corrected chi connectivity index (χ2v) is 6.20. The molecule has 1 heterocycles. The van der Waals surface area contributed by atoms with Crippen molar-refractivity contribution in [2.45, 2.75) is 31.7 Å². The molecule has 26 heavy (non-hydrogen) atoms. The van der Waals surface area contributed by atoms with Gasteiger partial charge in [-0.2, -0.15) is 0 Å². The van der Waals surface area contributed by atoms with Crippen molar-refractivity contribution >= 4 is 23.9 Å². The summed E-state index contributed by atoms with van der Waals surface area (Å²) < 4.78 is 10.2. The summed E-state index contributed by atoms with van der Waals surface area (Å²) >= 11 is 0. The maximum Gasteiger partial charge on any atom is 0.331 e. The van der Waals surface area contributed by atoms with E-state index < -0.39 is 17.8 Å². The van der Waals surface area contributed by atoms with E-state index in [2.05, 4.69) is 5.32 Å². The Labute approximate surface area is 150 Å². The molecule has 0 radical (unpaired) electrons. The minimum absolute atomic E-state index is 0.142. The largest absolute Gasteiger partial charge is 0.502 e. The molecule has 4 amide bonds. The maximum atomic E-state index is 12.8. The number of aromatic hydroxyl groups is 1. The third-order valence-corrected chi connectivity index (χ3v) is 4.64. The van der Waals surface area contributed by atoms with Gasteiger partial charge in [-0.1, -0.05) is 12.8 Å². The number of nitrogens with zero attached hydrogens (tertiary/aromatic N) is 1. The number of hydrogen-bond donors (Lipinski definition) is 2. The minimum atomic E-state index is -0.750. The zero-order valence-corrected chi connectivity index (χ0v) is 14.6. The van der Waals surface area contributed by atoms with Gasteiger partial charge >= 0.3 is 6.03 Å². The van der Waals surface area contributed by atoms with E-state index in [1.54, 1.807) is 0 Å². The molecule has 0 spiro atoms. The smallest absolute Gasteiger partial charge is 0.331 e. The summed E-state index contributed by atoms with van der Waals surface area (Å²) in [7, 11) is 2.76. The Bertz CT molecular complexity index is 770. The Balaban J connectivity index is 1.99. The fourth-order valence-electron chi connectivity index (χ4n) is 3.33. The van der Waals surface area contributed by atoms with Gasteiger partial charge in [-0.3, -0.25) is 19.8 Å². The van der Waals surface area contributed by atoms with Crippen LogP contribution in [0.5, 0.6) is 17.2 Å². The first kappa shape index (κ1) is 17.8. The summed E-state index contributed by atoms with van der Waals surface area (Å²) in [6.45, 7) is 0. The highest BCUT2D eigenvalue weighted by molar-refractivity contribution is 6.31. The quantitative estimate of drug-likeness (QED) is 0.627. The molecule has 0 unspecified atom stereocenters. The van der Waals surface area contributed by atoms with E-state index in [4.69, 9.17) is 9.47 Å². The van der Waals surface area contributed by atoms with Crippen LogP contribution in [0.2, 0.25) is 0 Å². The molecule has 8 nitrogen and oxygen atoms in total. The predicted octanol–water partition coefficient (Wildman–Crippen LogP) is 1.81. The number of urea groups is 1. The van der Waals surface area contributed by atoms with Gasteiger partial charge in [0.05, 0.1) is 14.2 Å². The molecule has 8 heteroatoms. The molecule has 0 bridgehead atoms. The van der Waals surface area contributed by atoms with Gasteiger partial charge in [0.2, 0.25) is 5.75 Å². The number of carbonyl (C=O) groups excluding carboxylic acids is 3. The van der Waals surface area contributed by atoms with Crippen molar-refractivity contribution in [3.8, 4) is 17.2 Å². The van der Waals surface area contributed by atoms with Crippen molar-refractivity contribution in [2.75, 3.05) is 14.2 Å². The van der Waals surface area contributed by atoms with E-state index in [9.17, 15) is 19.5 Å². The molecule has 0 atom stereocenters. The Hall–Kier alpha value is -3.03. The molecular weight excluding hydrogens is 340 g/mol. The summed E-state index contributed by atoms with van der Waals surface area (Å²) in [5.41, 5.74) is 0.280. The number of phenols is 1. The fraction of sp³-hybridized carbons (Fsp3) is 0.389. The highest BCUT2D eigenvalue weighted by Gasteiger charge is 2.40. The van der Waals surface area contributed by atoms with Crippen molar-refractivity contribution in [1.29, 1.82) is 0 Å². The van der Waals surface area contributed by atoms with Gasteiger partial charge in [-0.05, 0) is 36.6 Å². The lowest BCUT2D eigenvalue weighted by Crippen LogP contribution is -2.57. The first-order chi connectivity index (χ1) is 12.5. The van der Waals surface area contributed by atoms with Crippen molar-refractivity contribution in [3.63, 3.8) is 0 Å². The molecule has 3 rings (SSSR count). The van der Waals surface area contributed by atoms with Gasteiger partial charge in [-0.25, -0.2) is 4.79 Å². The molecule has 1 saturated heterocycles. The second-order valence-electron chi connectivity index (χ2n) is 6.20. The Morgan fingerprint density at radius 3 is 2.23 bits per heavy atom. The molecule has 1 saturated carbocycles. The number of benzene rings is 1. The minimum Gasteiger partial charge on any atom is -0.502 e. The summed E-state index contributed by atoms with van der Waals surface area (Å²) in [5, 5.41) is 12.2. The number of phenolic OH excluding ortho intramolecular Hbond substituents is 1. The van der Waals surface area contributed by atoms with Crippen LogP contribution in [-0.2, 0) is 9.59 Å². The highest BCUT2D eigenvalue weighted by Crippen LogP contribution is 2.38. The molecule has 1 aliphatic carbocycles. The van der Waals surface area contributed by atoms with Crippen molar-refractivity contribution in [1.82, 2.24) is 10.2 Å². The first-order valence-electron chi connectivity index (χ1n) is 8.31. The maximum absolute atomic E-state index is 12.8. The number of rotatable bonds is 4. The van der Waals surface area contributed by atoms with Crippen LogP contribution in [0.1, 0.15) is 31.2 Å². The Morgan fingerprint density at radius 1 is 1.12 bits per heavy atom. The summed E-state index contributed by atoms with van der Waals surface area (Å²) in [6, 6.07) is 2.08. The van der Waals surface area contributed by atoms with Crippen LogP contribution in [-0.4, -0.2) is 48.1 Å². The van der Waals surface area contributed by atoms with E-state index in [1.165, 1.54) is 32.4 Å². The first-order valence-corrected chi connectivity index (χ1v) is 8.31. The summed E-state index contributed by atoms with van der Waals surface area (Å²) in [4.78, 5) is 38.2. The number of barbiturate groups is 1. The van der Waals surface area contributed by atoms with Crippen molar-refractivity contribution < 1.29 is 29.0 Å². The standard InChI is InChI=1S/C18H20N2O6/c1-25-13-8-10(9-14(26-2)15(13)21)7-12-16(22)19-18(24)20(17(12)23)11-5-3-4-6-11/h7-9,11,21H,3-6H2,1-2H3,(H,19,22,24). The van der Waals surface area contributed by atoms with Crippen LogP contribution in [0.15, 0.2) is 17.7 Å². The van der Waals surface area contributed by atoms with Gasteiger partial charge in [-0.15, -0.1) is 0 Å².